The molecular formula is C22H24N2O3. The second kappa shape index (κ2) is 7.82. The van der Waals surface area contributed by atoms with Gasteiger partial charge in [-0.3, -0.25) is 9.59 Å². The third-order valence-corrected chi connectivity index (χ3v) is 5.11. The van der Waals surface area contributed by atoms with Gasteiger partial charge in [0.05, 0.1) is 5.92 Å². The van der Waals surface area contributed by atoms with E-state index < -0.39 is 0 Å². The van der Waals surface area contributed by atoms with Crippen molar-refractivity contribution in [3.05, 3.63) is 60.2 Å². The molecule has 1 unspecified atom stereocenters. The third-order valence-electron chi connectivity index (χ3n) is 5.11. The van der Waals surface area contributed by atoms with Crippen molar-refractivity contribution in [3.63, 3.8) is 0 Å². The Morgan fingerprint density at radius 1 is 1.07 bits per heavy atom. The minimum absolute atomic E-state index is 0.0109. The van der Waals surface area contributed by atoms with Gasteiger partial charge in [-0.05, 0) is 49.1 Å². The Balaban J connectivity index is 1.26. The van der Waals surface area contributed by atoms with E-state index in [9.17, 15) is 9.59 Å². The molecule has 0 bridgehead atoms. The largest absolute Gasteiger partial charge is 0.457 e. The van der Waals surface area contributed by atoms with Gasteiger partial charge in [0.1, 0.15) is 11.5 Å². The standard InChI is InChI=1S/C22H24N2O3/c25-21-14-17(15-24(21)18-9-10-18)22(26)23-12-11-16-5-4-8-20(13-16)27-19-6-2-1-3-7-19/h1-8,13,17-18H,9-12,14-15H2,(H,23,26). The molecule has 2 amide bonds. The molecule has 2 aliphatic rings. The summed E-state index contributed by atoms with van der Waals surface area (Å²) in [7, 11) is 0. The number of nitrogens with zero attached hydrogens (tertiary/aromatic N) is 1. The van der Waals surface area contributed by atoms with Gasteiger partial charge in [0, 0.05) is 25.6 Å². The number of rotatable bonds is 7. The van der Waals surface area contributed by atoms with Crippen molar-refractivity contribution in [2.75, 3.05) is 13.1 Å². The highest BCUT2D eigenvalue weighted by atomic mass is 16.5. The Morgan fingerprint density at radius 3 is 2.63 bits per heavy atom. The number of nitrogens with one attached hydrogen (secondary N) is 1. The lowest BCUT2D eigenvalue weighted by molar-refractivity contribution is -0.129. The summed E-state index contributed by atoms with van der Waals surface area (Å²) in [6.07, 6.45) is 3.25. The lowest BCUT2D eigenvalue weighted by Gasteiger charge is -2.15. The molecule has 2 fully saturated rings. The molecule has 1 saturated carbocycles. The predicted molar refractivity (Wildman–Crippen MR) is 103 cm³/mol. The number of hydrogen-bond acceptors (Lipinski definition) is 3. The Hall–Kier alpha value is -2.82. The van der Waals surface area contributed by atoms with Crippen LogP contribution in [0.1, 0.15) is 24.8 Å². The van der Waals surface area contributed by atoms with E-state index in [4.69, 9.17) is 4.74 Å². The number of hydrogen-bond donors (Lipinski definition) is 1. The predicted octanol–water partition coefficient (Wildman–Crippen LogP) is 3.15. The van der Waals surface area contributed by atoms with Crippen LogP contribution >= 0.6 is 0 Å². The molecule has 140 valence electrons. The Kier molecular flexibility index (Phi) is 5.10. The SMILES string of the molecule is O=C(NCCc1cccc(Oc2ccccc2)c1)C1CC(=O)N(C2CC2)C1. The molecule has 2 aromatic carbocycles. The Bertz CT molecular complexity index is 817. The van der Waals surface area contributed by atoms with E-state index in [1.807, 2.05) is 59.5 Å². The minimum atomic E-state index is -0.203. The maximum Gasteiger partial charge on any atom is 0.225 e. The molecule has 5 heteroatoms. The molecule has 0 spiro atoms. The van der Waals surface area contributed by atoms with Gasteiger partial charge in [-0.25, -0.2) is 0 Å². The zero-order chi connectivity index (χ0) is 18.6. The van der Waals surface area contributed by atoms with Crippen molar-refractivity contribution in [3.8, 4) is 11.5 Å². The summed E-state index contributed by atoms with van der Waals surface area (Å²) < 4.78 is 5.85. The minimum Gasteiger partial charge on any atom is -0.457 e. The maximum atomic E-state index is 12.4. The highest BCUT2D eigenvalue weighted by Gasteiger charge is 2.41. The van der Waals surface area contributed by atoms with Crippen LogP contribution in [-0.4, -0.2) is 35.8 Å². The molecule has 0 aromatic heterocycles. The van der Waals surface area contributed by atoms with Gasteiger partial charge >= 0.3 is 0 Å². The molecule has 1 aliphatic carbocycles. The van der Waals surface area contributed by atoms with Gasteiger partial charge in [0.25, 0.3) is 0 Å². The summed E-state index contributed by atoms with van der Waals surface area (Å²) in [6, 6.07) is 18.0. The van der Waals surface area contributed by atoms with Crippen LogP contribution < -0.4 is 10.1 Å². The van der Waals surface area contributed by atoms with Gasteiger partial charge in [-0.15, -0.1) is 0 Å². The van der Waals surface area contributed by atoms with E-state index in [-0.39, 0.29) is 17.7 Å². The van der Waals surface area contributed by atoms with E-state index in [0.717, 1.165) is 36.3 Å². The van der Waals surface area contributed by atoms with Gasteiger partial charge in [-0.1, -0.05) is 30.3 Å². The lowest BCUT2D eigenvalue weighted by atomic mass is 10.1. The van der Waals surface area contributed by atoms with Crippen molar-refractivity contribution in [2.45, 2.75) is 31.7 Å². The number of benzene rings is 2. The molecule has 0 radical (unpaired) electrons. The molecule has 4 rings (SSSR count). The number of carbonyl (C=O) groups is 2. The number of ether oxygens (including phenoxy) is 1. The van der Waals surface area contributed by atoms with Crippen molar-refractivity contribution >= 4 is 11.8 Å². The van der Waals surface area contributed by atoms with Crippen LogP contribution in [0.4, 0.5) is 0 Å². The smallest absolute Gasteiger partial charge is 0.225 e. The first kappa shape index (κ1) is 17.6. The Morgan fingerprint density at radius 2 is 1.85 bits per heavy atom. The first-order chi connectivity index (χ1) is 13.2. The van der Waals surface area contributed by atoms with Crippen LogP contribution in [-0.2, 0) is 16.0 Å². The first-order valence-corrected chi connectivity index (χ1v) is 9.58. The quantitative estimate of drug-likeness (QED) is 0.821. The van der Waals surface area contributed by atoms with Gasteiger partial charge in [-0.2, -0.15) is 0 Å². The summed E-state index contributed by atoms with van der Waals surface area (Å²) in [6.45, 7) is 1.14. The molecule has 1 aliphatic heterocycles. The second-order valence-corrected chi connectivity index (χ2v) is 7.28. The molecule has 5 nitrogen and oxygen atoms in total. The second-order valence-electron chi connectivity index (χ2n) is 7.28. The molecule has 1 atom stereocenters. The number of carbonyl (C=O) groups excluding carboxylic acids is 2. The molecule has 27 heavy (non-hydrogen) atoms. The van der Waals surface area contributed by atoms with E-state index in [0.29, 0.717) is 25.6 Å². The first-order valence-electron chi connectivity index (χ1n) is 9.58. The summed E-state index contributed by atoms with van der Waals surface area (Å²) in [5, 5.41) is 2.98. The highest BCUT2D eigenvalue weighted by molar-refractivity contribution is 5.89. The maximum absolute atomic E-state index is 12.4. The van der Waals surface area contributed by atoms with Crippen molar-refractivity contribution in [1.29, 1.82) is 0 Å². The topological polar surface area (TPSA) is 58.6 Å². The van der Waals surface area contributed by atoms with Crippen molar-refractivity contribution in [1.82, 2.24) is 10.2 Å². The molecular weight excluding hydrogens is 340 g/mol. The van der Waals surface area contributed by atoms with Crippen LogP contribution in [0.15, 0.2) is 54.6 Å². The summed E-state index contributed by atoms with van der Waals surface area (Å²) in [5.41, 5.74) is 1.10. The van der Waals surface area contributed by atoms with Crippen molar-refractivity contribution in [2.24, 2.45) is 5.92 Å². The average Bonchev–Trinajstić information content (AvgIpc) is 3.44. The van der Waals surface area contributed by atoms with Gasteiger partial charge < -0.3 is 15.0 Å². The van der Waals surface area contributed by atoms with E-state index in [1.54, 1.807) is 0 Å². The summed E-state index contributed by atoms with van der Waals surface area (Å²) in [4.78, 5) is 26.2. The fourth-order valence-electron chi connectivity index (χ4n) is 3.51. The number of para-hydroxylation sites is 1. The monoisotopic (exact) mass is 364 g/mol. The zero-order valence-electron chi connectivity index (χ0n) is 15.3. The van der Waals surface area contributed by atoms with Crippen LogP contribution in [0, 0.1) is 5.92 Å². The zero-order valence-corrected chi connectivity index (χ0v) is 15.3. The normalized spacial score (nSPS) is 19.2. The van der Waals surface area contributed by atoms with Crippen LogP contribution in [0.3, 0.4) is 0 Å². The number of likely N-dealkylation sites (tertiary alicyclic amines) is 1. The van der Waals surface area contributed by atoms with Crippen LogP contribution in [0.5, 0.6) is 11.5 Å². The summed E-state index contributed by atoms with van der Waals surface area (Å²) >= 11 is 0. The van der Waals surface area contributed by atoms with Gasteiger partial charge in [0.2, 0.25) is 11.8 Å². The van der Waals surface area contributed by atoms with E-state index in [1.165, 1.54) is 0 Å². The molecule has 1 N–H and O–H groups in total. The van der Waals surface area contributed by atoms with Gasteiger partial charge in [0.15, 0.2) is 0 Å². The van der Waals surface area contributed by atoms with E-state index >= 15 is 0 Å². The van der Waals surface area contributed by atoms with E-state index in [2.05, 4.69) is 5.32 Å². The molecule has 2 aromatic rings. The number of amides is 2. The average molecular weight is 364 g/mol. The van der Waals surface area contributed by atoms with Crippen LogP contribution in [0.25, 0.3) is 0 Å². The van der Waals surface area contributed by atoms with Crippen LogP contribution in [0.2, 0.25) is 0 Å². The lowest BCUT2D eigenvalue weighted by Crippen LogP contribution is -2.34. The molecule has 1 heterocycles. The summed E-state index contributed by atoms with van der Waals surface area (Å²) in [5.74, 6) is 1.50. The molecule has 1 saturated heterocycles. The Labute approximate surface area is 159 Å². The van der Waals surface area contributed by atoms with Crippen molar-refractivity contribution < 1.29 is 14.3 Å². The fourth-order valence-corrected chi connectivity index (χ4v) is 3.51. The fraction of sp³-hybridized carbons (Fsp3) is 0.364. The third kappa shape index (κ3) is 4.48. The highest BCUT2D eigenvalue weighted by Crippen LogP contribution is 2.32.